The molecule has 0 heterocycles. The smallest absolute Gasteiger partial charge is 0.205 e. The van der Waals surface area contributed by atoms with Crippen molar-refractivity contribution >= 4 is 5.96 Å². The number of unbranched alkanes of at least 4 members (excludes halogenated alkanes) is 1. The van der Waals surface area contributed by atoms with Crippen LogP contribution in [0.5, 0.6) is 0 Å². The molecule has 0 aromatic heterocycles. The molecule has 1 aliphatic carbocycles. The number of nitrogens with two attached hydrogens (primary N) is 1. The monoisotopic (exact) mass is 286 g/mol. The van der Waals surface area contributed by atoms with Gasteiger partial charge in [-0.1, -0.05) is 19.3 Å². The number of aliphatic imine (C=N–C) groups is 1. The number of hydrogen-bond donors (Lipinski definition) is 3. The Morgan fingerprint density at radius 3 is 2.65 bits per heavy atom. The van der Waals surface area contributed by atoms with Crippen LogP contribution in [0.4, 0.5) is 0 Å². The van der Waals surface area contributed by atoms with Crippen LogP contribution in [0.15, 0.2) is 4.99 Å². The van der Waals surface area contributed by atoms with Gasteiger partial charge in [-0.05, 0) is 25.7 Å². The third kappa shape index (κ3) is 8.35. The van der Waals surface area contributed by atoms with Crippen LogP contribution in [-0.2, 0) is 9.47 Å². The second kappa shape index (κ2) is 11.9. The molecule has 1 rings (SSSR count). The van der Waals surface area contributed by atoms with Gasteiger partial charge in [-0.15, -0.1) is 0 Å². The number of guanidine groups is 1. The molecule has 0 aromatic carbocycles. The lowest BCUT2D eigenvalue weighted by Crippen LogP contribution is -2.47. The van der Waals surface area contributed by atoms with E-state index in [1.165, 1.54) is 32.1 Å². The first-order valence-corrected chi connectivity index (χ1v) is 7.71. The first-order valence-electron chi connectivity index (χ1n) is 7.71. The molecule has 0 unspecified atom stereocenters. The van der Waals surface area contributed by atoms with Crippen LogP contribution in [0.25, 0.3) is 0 Å². The number of nitrogens with one attached hydrogen (secondary N) is 2. The van der Waals surface area contributed by atoms with Crippen LogP contribution in [0, 0.1) is 0 Å². The highest BCUT2D eigenvalue weighted by atomic mass is 16.5. The maximum Gasteiger partial charge on any atom is 0.205 e. The number of ether oxygens (including phenoxy) is 2. The van der Waals surface area contributed by atoms with E-state index in [4.69, 9.17) is 15.3 Å². The van der Waals surface area contributed by atoms with Crippen molar-refractivity contribution in [1.29, 1.82) is 0 Å². The fraction of sp³-hybridized carbons (Fsp3) is 0.929. The molecule has 6 nitrogen and oxygen atoms in total. The Balaban J connectivity index is 2.05. The fourth-order valence-electron chi connectivity index (χ4n) is 2.32. The predicted molar refractivity (Wildman–Crippen MR) is 81.6 cm³/mol. The summed E-state index contributed by atoms with van der Waals surface area (Å²) in [6.07, 6.45) is 8.40. The summed E-state index contributed by atoms with van der Waals surface area (Å²) in [5, 5.41) is 3.39. The van der Waals surface area contributed by atoms with Crippen molar-refractivity contribution in [3.63, 3.8) is 0 Å². The summed E-state index contributed by atoms with van der Waals surface area (Å²) < 4.78 is 10.3. The largest absolute Gasteiger partial charge is 0.382 e. The molecule has 20 heavy (non-hydrogen) atoms. The molecule has 0 saturated heterocycles. The summed E-state index contributed by atoms with van der Waals surface area (Å²) in [4.78, 5) is 4.46. The van der Waals surface area contributed by atoms with E-state index in [1.807, 2.05) is 0 Å². The van der Waals surface area contributed by atoms with E-state index in [0.29, 0.717) is 19.3 Å². The van der Waals surface area contributed by atoms with E-state index >= 15 is 0 Å². The molecule has 1 saturated carbocycles. The van der Waals surface area contributed by atoms with E-state index in [0.717, 1.165) is 32.0 Å². The second-order valence-electron chi connectivity index (χ2n) is 5.17. The van der Waals surface area contributed by atoms with Gasteiger partial charge in [0.15, 0.2) is 0 Å². The first-order chi connectivity index (χ1) is 9.86. The molecule has 0 atom stereocenters. The third-order valence-corrected chi connectivity index (χ3v) is 3.48. The van der Waals surface area contributed by atoms with Crippen LogP contribution in [-0.4, -0.2) is 45.5 Å². The van der Waals surface area contributed by atoms with Crippen molar-refractivity contribution in [1.82, 2.24) is 10.7 Å². The van der Waals surface area contributed by atoms with Crippen LogP contribution < -0.4 is 16.6 Å². The van der Waals surface area contributed by atoms with Gasteiger partial charge in [0, 0.05) is 26.3 Å². The number of hydrazine groups is 1. The third-order valence-electron chi connectivity index (χ3n) is 3.48. The number of rotatable bonds is 9. The molecular formula is C14H30N4O2. The molecular weight excluding hydrogens is 256 g/mol. The minimum absolute atomic E-state index is 0.524. The zero-order chi connectivity index (χ0) is 14.5. The van der Waals surface area contributed by atoms with E-state index < -0.39 is 0 Å². The molecule has 0 bridgehead atoms. The Hall–Kier alpha value is -0.850. The summed E-state index contributed by atoms with van der Waals surface area (Å²) in [5.41, 5.74) is 2.66. The van der Waals surface area contributed by atoms with Gasteiger partial charge >= 0.3 is 0 Å². The SMILES string of the molecule is COCCOCCCCN=C(NN)NC1CCCCC1. The van der Waals surface area contributed by atoms with Gasteiger partial charge in [0.25, 0.3) is 0 Å². The average Bonchev–Trinajstić information content (AvgIpc) is 2.49. The van der Waals surface area contributed by atoms with E-state index in [2.05, 4.69) is 15.7 Å². The number of methoxy groups -OCH3 is 1. The number of nitrogens with zero attached hydrogens (tertiary/aromatic N) is 1. The van der Waals surface area contributed by atoms with E-state index in [9.17, 15) is 0 Å². The molecule has 4 N–H and O–H groups in total. The standard InChI is InChI=1S/C14H30N4O2/c1-19-11-12-20-10-6-5-9-16-14(18-15)17-13-7-3-2-4-8-13/h13H,2-12,15H2,1H3,(H2,16,17,18). The Bertz CT molecular complexity index is 256. The molecule has 118 valence electrons. The molecule has 0 amide bonds. The highest BCUT2D eigenvalue weighted by Gasteiger charge is 2.13. The van der Waals surface area contributed by atoms with Gasteiger partial charge in [0.2, 0.25) is 5.96 Å². The highest BCUT2D eigenvalue weighted by Crippen LogP contribution is 2.17. The van der Waals surface area contributed by atoms with Gasteiger partial charge in [-0.3, -0.25) is 10.4 Å². The van der Waals surface area contributed by atoms with Crippen molar-refractivity contribution in [2.24, 2.45) is 10.8 Å². The lowest BCUT2D eigenvalue weighted by molar-refractivity contribution is 0.0690. The van der Waals surface area contributed by atoms with Gasteiger partial charge in [0.1, 0.15) is 0 Å². The molecule has 0 radical (unpaired) electrons. The first kappa shape index (κ1) is 17.2. The zero-order valence-corrected chi connectivity index (χ0v) is 12.7. The van der Waals surface area contributed by atoms with Crippen molar-refractivity contribution < 1.29 is 9.47 Å². The van der Waals surface area contributed by atoms with Crippen LogP contribution in [0.2, 0.25) is 0 Å². The van der Waals surface area contributed by atoms with E-state index in [-0.39, 0.29) is 0 Å². The van der Waals surface area contributed by atoms with E-state index in [1.54, 1.807) is 7.11 Å². The Morgan fingerprint density at radius 2 is 1.95 bits per heavy atom. The van der Waals surface area contributed by atoms with Gasteiger partial charge < -0.3 is 14.8 Å². The molecule has 0 spiro atoms. The van der Waals surface area contributed by atoms with Crippen LogP contribution in [0.3, 0.4) is 0 Å². The molecule has 0 aliphatic heterocycles. The fourth-order valence-corrected chi connectivity index (χ4v) is 2.32. The lowest BCUT2D eigenvalue weighted by atomic mass is 9.96. The average molecular weight is 286 g/mol. The van der Waals surface area contributed by atoms with Crippen LogP contribution in [0.1, 0.15) is 44.9 Å². The Labute approximate surface area is 122 Å². The number of hydrogen-bond acceptors (Lipinski definition) is 4. The Morgan fingerprint density at radius 1 is 1.15 bits per heavy atom. The topological polar surface area (TPSA) is 80.9 Å². The minimum Gasteiger partial charge on any atom is -0.382 e. The quantitative estimate of drug-likeness (QED) is 0.195. The van der Waals surface area contributed by atoms with Crippen molar-refractivity contribution in [2.75, 3.05) is 33.5 Å². The lowest BCUT2D eigenvalue weighted by Gasteiger charge is -2.24. The van der Waals surface area contributed by atoms with Crippen molar-refractivity contribution in [3.8, 4) is 0 Å². The van der Waals surface area contributed by atoms with Crippen molar-refractivity contribution in [3.05, 3.63) is 0 Å². The normalized spacial score (nSPS) is 17.2. The second-order valence-corrected chi connectivity index (χ2v) is 5.17. The predicted octanol–water partition coefficient (Wildman–Crippen LogP) is 1.17. The maximum absolute atomic E-state index is 5.50. The zero-order valence-electron chi connectivity index (χ0n) is 12.7. The molecule has 1 fully saturated rings. The summed E-state index contributed by atoms with van der Waals surface area (Å²) in [7, 11) is 1.68. The van der Waals surface area contributed by atoms with Gasteiger partial charge in [-0.25, -0.2) is 5.84 Å². The van der Waals surface area contributed by atoms with Crippen LogP contribution >= 0.6 is 0 Å². The van der Waals surface area contributed by atoms with Gasteiger partial charge in [0.05, 0.1) is 13.2 Å². The Kier molecular flexibility index (Phi) is 10.3. The summed E-state index contributed by atoms with van der Waals surface area (Å²) in [5.74, 6) is 6.22. The summed E-state index contributed by atoms with van der Waals surface area (Å²) in [6.45, 7) is 2.86. The molecule has 6 heteroatoms. The van der Waals surface area contributed by atoms with Gasteiger partial charge in [-0.2, -0.15) is 0 Å². The highest BCUT2D eigenvalue weighted by molar-refractivity contribution is 5.79. The maximum atomic E-state index is 5.50. The summed E-state index contributed by atoms with van der Waals surface area (Å²) >= 11 is 0. The summed E-state index contributed by atoms with van der Waals surface area (Å²) in [6, 6.07) is 0.524. The minimum atomic E-state index is 0.524. The molecule has 1 aliphatic rings. The molecule has 0 aromatic rings. The van der Waals surface area contributed by atoms with Crippen molar-refractivity contribution in [2.45, 2.75) is 51.0 Å².